The van der Waals surface area contributed by atoms with Gasteiger partial charge < -0.3 is 40.2 Å². The Bertz CT molecular complexity index is 1070. The van der Waals surface area contributed by atoms with Crippen LogP contribution in [-0.2, 0) is 29.6 Å². The molecule has 0 aliphatic heterocycles. The Morgan fingerprint density at radius 2 is 1.78 bits per heavy atom. The minimum absolute atomic E-state index is 0.156. The Hall–Kier alpha value is -2.92. The van der Waals surface area contributed by atoms with Crippen molar-refractivity contribution in [2.75, 3.05) is 32.5 Å². The van der Waals surface area contributed by atoms with Crippen molar-refractivity contribution in [2.45, 2.75) is 51.6 Å². The molecule has 0 saturated carbocycles. The third-order valence-electron chi connectivity index (χ3n) is 5.55. The quantitative estimate of drug-likeness (QED) is 0.131. The smallest absolute Gasteiger partial charge is 0.405 e. The highest BCUT2D eigenvalue weighted by Crippen LogP contribution is 2.47. The number of carbonyl (C=O) groups excluding carboxylic acids is 2. The maximum Gasteiger partial charge on any atom is 0.405 e. The van der Waals surface area contributed by atoms with E-state index in [4.69, 9.17) is 14.2 Å². The number of rotatable bonds is 17. The number of aromatic amines is 1. The van der Waals surface area contributed by atoms with Crippen LogP contribution in [0.25, 0.3) is 10.9 Å². The summed E-state index contributed by atoms with van der Waals surface area (Å²) in [6.07, 6.45) is 1.54. The van der Waals surface area contributed by atoms with E-state index in [1.54, 1.807) is 13.8 Å². The molecule has 1 heterocycles. The lowest BCUT2D eigenvalue weighted by Gasteiger charge is -2.21. The second-order valence-electron chi connectivity index (χ2n) is 8.40. The summed E-state index contributed by atoms with van der Waals surface area (Å²) in [7, 11) is -3.49. The topological polar surface area (TPSA) is 179 Å². The Kier molecular flexibility index (Phi) is 12.6. The molecule has 37 heavy (non-hydrogen) atoms. The summed E-state index contributed by atoms with van der Waals surface area (Å²) in [5, 5.41) is 27.5. The first kappa shape index (κ1) is 30.3. The third kappa shape index (κ3) is 10.2. The zero-order chi connectivity index (χ0) is 27.3. The molecule has 0 fully saturated rings. The molecular formula is C24H37N4O8P. The SMILES string of the molecule is CCOP(=O)(CC(=O)NCCCCC(NC(=O)O)C(=O)N[C@H](CO)Cc1c[nH]c2ccccc12)OCC. The van der Waals surface area contributed by atoms with Crippen LogP contribution in [0.15, 0.2) is 30.5 Å². The van der Waals surface area contributed by atoms with Gasteiger partial charge in [0.2, 0.25) is 11.8 Å². The molecule has 1 aromatic carbocycles. The molecule has 13 heteroatoms. The van der Waals surface area contributed by atoms with Gasteiger partial charge in [-0.15, -0.1) is 0 Å². The number of fused-ring (bicyclic) bond motifs is 1. The maximum atomic E-state index is 12.8. The van der Waals surface area contributed by atoms with Crippen LogP contribution in [-0.4, -0.2) is 77.7 Å². The monoisotopic (exact) mass is 540 g/mol. The van der Waals surface area contributed by atoms with Gasteiger partial charge in [0, 0.05) is 23.6 Å². The van der Waals surface area contributed by atoms with Crippen molar-refractivity contribution < 1.29 is 38.2 Å². The van der Waals surface area contributed by atoms with Crippen LogP contribution in [0.1, 0.15) is 38.7 Å². The second kappa shape index (κ2) is 15.4. The van der Waals surface area contributed by atoms with Crippen molar-refractivity contribution in [2.24, 2.45) is 0 Å². The zero-order valence-electron chi connectivity index (χ0n) is 21.2. The molecule has 0 saturated heterocycles. The van der Waals surface area contributed by atoms with E-state index in [9.17, 15) is 24.1 Å². The number of aromatic nitrogens is 1. The number of unbranched alkanes of at least 4 members (excludes halogenated alkanes) is 1. The average Bonchev–Trinajstić information content (AvgIpc) is 3.25. The summed E-state index contributed by atoms with van der Waals surface area (Å²) in [4.78, 5) is 39.3. The van der Waals surface area contributed by atoms with Gasteiger partial charge in [-0.25, -0.2) is 4.79 Å². The molecule has 0 aliphatic rings. The lowest BCUT2D eigenvalue weighted by molar-refractivity contribution is -0.124. The van der Waals surface area contributed by atoms with Crippen LogP contribution in [0.4, 0.5) is 4.79 Å². The first-order valence-corrected chi connectivity index (χ1v) is 14.0. The van der Waals surface area contributed by atoms with Crippen molar-refractivity contribution in [1.82, 2.24) is 20.9 Å². The van der Waals surface area contributed by atoms with E-state index in [1.165, 1.54) is 0 Å². The molecular weight excluding hydrogens is 503 g/mol. The summed E-state index contributed by atoms with van der Waals surface area (Å²) in [6.45, 7) is 3.56. The Morgan fingerprint density at radius 1 is 1.08 bits per heavy atom. The van der Waals surface area contributed by atoms with E-state index >= 15 is 0 Å². The molecule has 0 spiro atoms. The van der Waals surface area contributed by atoms with Gasteiger partial charge in [-0.3, -0.25) is 14.2 Å². The van der Waals surface area contributed by atoms with Gasteiger partial charge in [0.25, 0.3) is 0 Å². The van der Waals surface area contributed by atoms with Gasteiger partial charge in [0.15, 0.2) is 0 Å². The van der Waals surface area contributed by atoms with Gasteiger partial charge >= 0.3 is 13.7 Å². The van der Waals surface area contributed by atoms with Gasteiger partial charge in [-0.1, -0.05) is 18.2 Å². The molecule has 2 atom stereocenters. The van der Waals surface area contributed by atoms with Gasteiger partial charge in [-0.05, 0) is 51.2 Å². The van der Waals surface area contributed by atoms with Crippen LogP contribution in [0.3, 0.4) is 0 Å². The second-order valence-corrected chi connectivity index (χ2v) is 10.5. The average molecular weight is 541 g/mol. The molecule has 6 N–H and O–H groups in total. The molecule has 1 unspecified atom stereocenters. The first-order valence-electron chi connectivity index (χ1n) is 12.3. The van der Waals surface area contributed by atoms with Gasteiger partial charge in [-0.2, -0.15) is 0 Å². The van der Waals surface area contributed by atoms with Crippen molar-refractivity contribution in [3.8, 4) is 0 Å². The molecule has 0 aliphatic carbocycles. The Labute approximate surface area is 216 Å². The van der Waals surface area contributed by atoms with Crippen LogP contribution >= 0.6 is 7.60 Å². The van der Waals surface area contributed by atoms with E-state index in [0.717, 1.165) is 16.5 Å². The van der Waals surface area contributed by atoms with Gasteiger partial charge in [0.1, 0.15) is 12.2 Å². The predicted molar refractivity (Wildman–Crippen MR) is 139 cm³/mol. The normalized spacial score (nSPS) is 13.2. The standard InChI is InChI=1S/C24H37N4O8P/c1-3-35-37(34,36-4-2)16-22(30)25-12-8-7-11-21(28-24(32)33)23(31)27-18(15-29)13-17-14-26-20-10-6-5-9-19(17)20/h5-6,9-10,14,18,21,26,28-29H,3-4,7-8,11-13,15-16H2,1-2H3,(H,25,30)(H,27,31)(H,32,33)/t18-,21?/m0/s1. The number of aliphatic hydroxyl groups excluding tert-OH is 1. The molecule has 206 valence electrons. The molecule has 3 amide bonds. The highest BCUT2D eigenvalue weighted by Gasteiger charge is 2.27. The fourth-order valence-corrected chi connectivity index (χ4v) is 5.41. The number of carbonyl (C=O) groups is 3. The number of nitrogens with one attached hydrogen (secondary N) is 4. The molecule has 0 radical (unpaired) electrons. The lowest BCUT2D eigenvalue weighted by atomic mass is 10.0. The Balaban J connectivity index is 1.84. The molecule has 2 rings (SSSR count). The molecule has 12 nitrogen and oxygen atoms in total. The Morgan fingerprint density at radius 3 is 2.43 bits per heavy atom. The fraction of sp³-hybridized carbons (Fsp3) is 0.542. The maximum absolute atomic E-state index is 12.8. The number of amides is 3. The number of benzene rings is 1. The largest absolute Gasteiger partial charge is 0.465 e. The van der Waals surface area contributed by atoms with E-state index in [2.05, 4.69) is 20.9 Å². The minimum atomic E-state index is -3.49. The molecule has 2 aromatic rings. The van der Waals surface area contributed by atoms with Crippen molar-refractivity contribution in [3.05, 3.63) is 36.0 Å². The number of H-pyrrole nitrogens is 1. The van der Waals surface area contributed by atoms with Crippen LogP contribution in [0.5, 0.6) is 0 Å². The highest BCUT2D eigenvalue weighted by atomic mass is 31.2. The number of hydrogen-bond donors (Lipinski definition) is 6. The number of aliphatic hydroxyl groups is 1. The van der Waals surface area contributed by atoms with Crippen molar-refractivity contribution in [3.63, 3.8) is 0 Å². The fourth-order valence-electron chi connectivity index (χ4n) is 3.90. The van der Waals surface area contributed by atoms with Crippen LogP contribution < -0.4 is 16.0 Å². The van der Waals surface area contributed by atoms with Gasteiger partial charge in [0.05, 0.1) is 25.9 Å². The molecule has 0 bridgehead atoms. The van der Waals surface area contributed by atoms with Crippen LogP contribution in [0.2, 0.25) is 0 Å². The van der Waals surface area contributed by atoms with E-state index in [-0.39, 0.29) is 38.9 Å². The first-order chi connectivity index (χ1) is 17.7. The summed E-state index contributed by atoms with van der Waals surface area (Å²) >= 11 is 0. The van der Waals surface area contributed by atoms with E-state index < -0.39 is 37.6 Å². The summed E-state index contributed by atoms with van der Waals surface area (Å²) in [5.41, 5.74) is 1.86. The van der Waals surface area contributed by atoms with E-state index in [1.807, 2.05) is 30.5 Å². The summed E-state index contributed by atoms with van der Waals surface area (Å²) < 4.78 is 22.6. The lowest BCUT2D eigenvalue weighted by Crippen LogP contribution is -2.50. The highest BCUT2D eigenvalue weighted by molar-refractivity contribution is 7.54. The zero-order valence-corrected chi connectivity index (χ0v) is 22.1. The van der Waals surface area contributed by atoms with Crippen molar-refractivity contribution >= 4 is 36.4 Å². The minimum Gasteiger partial charge on any atom is -0.465 e. The predicted octanol–water partition coefficient (Wildman–Crippen LogP) is 2.38. The number of hydrogen-bond acceptors (Lipinski definition) is 7. The third-order valence-corrected chi connectivity index (χ3v) is 7.53. The molecule has 1 aromatic heterocycles. The summed E-state index contributed by atoms with van der Waals surface area (Å²) in [5.74, 6) is -1.02. The van der Waals surface area contributed by atoms with E-state index in [0.29, 0.717) is 19.3 Å². The van der Waals surface area contributed by atoms with Crippen molar-refractivity contribution in [1.29, 1.82) is 0 Å². The summed E-state index contributed by atoms with van der Waals surface area (Å²) in [6, 6.07) is 6.05. The van der Waals surface area contributed by atoms with Crippen LogP contribution in [0, 0.1) is 0 Å². The number of para-hydroxylation sites is 1. The number of carboxylic acid groups (broad SMARTS) is 1.